The molecule has 1 aliphatic heterocycles. The predicted octanol–water partition coefficient (Wildman–Crippen LogP) is 3.57. The van der Waals surface area contributed by atoms with Crippen molar-refractivity contribution in [2.45, 2.75) is 25.8 Å². The lowest BCUT2D eigenvalue weighted by molar-refractivity contribution is 0.0746. The number of amides is 1. The van der Waals surface area contributed by atoms with Crippen LogP contribution in [0.1, 0.15) is 30.1 Å². The number of carbonyl (C=O) groups is 1. The molecule has 86 valence electrons. The highest BCUT2D eigenvalue weighted by Crippen LogP contribution is 2.24. The van der Waals surface area contributed by atoms with Gasteiger partial charge in [-0.2, -0.15) is 0 Å². The van der Waals surface area contributed by atoms with E-state index in [2.05, 4.69) is 29.5 Å². The molecule has 1 amide bonds. The number of likely N-dealkylation sites (tertiary alicyclic amines) is 1. The van der Waals surface area contributed by atoms with Gasteiger partial charge in [0.25, 0.3) is 5.91 Å². The highest BCUT2D eigenvalue weighted by molar-refractivity contribution is 14.1. The van der Waals surface area contributed by atoms with Gasteiger partial charge in [0.15, 0.2) is 0 Å². The third kappa shape index (κ3) is 2.35. The largest absolute Gasteiger partial charge is 0.336 e. The minimum absolute atomic E-state index is 0.108. The van der Waals surface area contributed by atoms with E-state index in [4.69, 9.17) is 11.6 Å². The average Bonchev–Trinajstić information content (AvgIpc) is 2.67. The van der Waals surface area contributed by atoms with Crippen LogP contribution < -0.4 is 0 Å². The van der Waals surface area contributed by atoms with Gasteiger partial charge in [-0.15, -0.1) is 0 Å². The first-order chi connectivity index (χ1) is 7.59. The summed E-state index contributed by atoms with van der Waals surface area (Å²) >= 11 is 8.11. The molecule has 0 N–H and O–H groups in total. The summed E-state index contributed by atoms with van der Waals surface area (Å²) in [5.41, 5.74) is 0.724. The summed E-state index contributed by atoms with van der Waals surface area (Å²) in [6.45, 7) is 2.96. The lowest BCUT2D eigenvalue weighted by Gasteiger charge is -2.22. The van der Waals surface area contributed by atoms with Gasteiger partial charge in [0.1, 0.15) is 0 Å². The van der Waals surface area contributed by atoms with Gasteiger partial charge in [0, 0.05) is 21.2 Å². The maximum Gasteiger partial charge on any atom is 0.255 e. The molecule has 1 fully saturated rings. The molecule has 16 heavy (non-hydrogen) atoms. The Hall–Kier alpha value is -0.290. The zero-order valence-electron chi connectivity index (χ0n) is 9.04. The molecule has 1 heterocycles. The van der Waals surface area contributed by atoms with Crippen LogP contribution >= 0.6 is 34.2 Å². The molecular formula is C12H13ClINO. The Morgan fingerprint density at radius 2 is 2.31 bits per heavy atom. The maximum atomic E-state index is 12.3. The zero-order chi connectivity index (χ0) is 11.7. The standard InChI is InChI=1S/C12H13ClINO/c1-8-3-2-6-15(8)12(16)10-7-9(13)4-5-11(10)14/h4-5,7-8H,2-3,6H2,1H3. The number of hydrogen-bond donors (Lipinski definition) is 0. The van der Waals surface area contributed by atoms with Crippen molar-refractivity contribution in [1.82, 2.24) is 4.90 Å². The van der Waals surface area contributed by atoms with Crippen molar-refractivity contribution >= 4 is 40.1 Å². The van der Waals surface area contributed by atoms with E-state index in [9.17, 15) is 4.79 Å². The van der Waals surface area contributed by atoms with Crippen LogP contribution in [0.3, 0.4) is 0 Å². The van der Waals surface area contributed by atoms with E-state index in [-0.39, 0.29) is 5.91 Å². The second kappa shape index (κ2) is 4.92. The Morgan fingerprint density at radius 3 is 2.94 bits per heavy atom. The maximum absolute atomic E-state index is 12.3. The molecule has 1 aliphatic rings. The van der Waals surface area contributed by atoms with Gasteiger partial charge in [0.2, 0.25) is 0 Å². The van der Waals surface area contributed by atoms with Crippen LogP contribution in [0, 0.1) is 3.57 Å². The van der Waals surface area contributed by atoms with Gasteiger partial charge in [-0.25, -0.2) is 0 Å². The van der Waals surface area contributed by atoms with Crippen molar-refractivity contribution in [3.05, 3.63) is 32.4 Å². The molecule has 1 aromatic rings. The van der Waals surface area contributed by atoms with Crippen LogP contribution in [0.2, 0.25) is 5.02 Å². The highest BCUT2D eigenvalue weighted by Gasteiger charge is 2.27. The molecule has 0 spiro atoms. The Kier molecular flexibility index (Phi) is 3.74. The molecule has 0 radical (unpaired) electrons. The molecule has 4 heteroatoms. The summed E-state index contributed by atoms with van der Waals surface area (Å²) in [7, 11) is 0. The zero-order valence-corrected chi connectivity index (χ0v) is 12.0. The number of nitrogens with zero attached hydrogens (tertiary/aromatic N) is 1. The van der Waals surface area contributed by atoms with Gasteiger partial charge >= 0.3 is 0 Å². The van der Waals surface area contributed by atoms with E-state index < -0.39 is 0 Å². The molecule has 0 saturated carbocycles. The van der Waals surface area contributed by atoms with Crippen molar-refractivity contribution in [2.24, 2.45) is 0 Å². The average molecular weight is 350 g/mol. The lowest BCUT2D eigenvalue weighted by atomic mass is 10.2. The predicted molar refractivity (Wildman–Crippen MR) is 73.9 cm³/mol. The summed E-state index contributed by atoms with van der Waals surface area (Å²) in [6.07, 6.45) is 2.20. The van der Waals surface area contributed by atoms with E-state index in [1.807, 2.05) is 17.0 Å². The summed E-state index contributed by atoms with van der Waals surface area (Å²) in [5.74, 6) is 0.108. The van der Waals surface area contributed by atoms with Crippen LogP contribution in [-0.2, 0) is 0 Å². The topological polar surface area (TPSA) is 20.3 Å². The second-order valence-electron chi connectivity index (χ2n) is 4.11. The second-order valence-corrected chi connectivity index (χ2v) is 5.71. The smallest absolute Gasteiger partial charge is 0.255 e. The number of hydrogen-bond acceptors (Lipinski definition) is 1. The summed E-state index contributed by atoms with van der Waals surface area (Å²) in [5, 5.41) is 0.621. The molecular weight excluding hydrogens is 336 g/mol. The number of halogens is 2. The Labute approximate surface area is 114 Å². The Morgan fingerprint density at radius 1 is 1.56 bits per heavy atom. The molecule has 1 atom stereocenters. The van der Waals surface area contributed by atoms with E-state index in [0.29, 0.717) is 11.1 Å². The molecule has 2 rings (SSSR count). The van der Waals surface area contributed by atoms with Gasteiger partial charge in [-0.1, -0.05) is 11.6 Å². The Bertz CT molecular complexity index is 421. The van der Waals surface area contributed by atoms with Gasteiger partial charge in [-0.05, 0) is 60.6 Å². The lowest BCUT2D eigenvalue weighted by Crippen LogP contribution is -2.34. The van der Waals surface area contributed by atoms with Crippen molar-refractivity contribution in [2.75, 3.05) is 6.54 Å². The van der Waals surface area contributed by atoms with Crippen molar-refractivity contribution in [3.63, 3.8) is 0 Å². The monoisotopic (exact) mass is 349 g/mol. The number of rotatable bonds is 1. The quantitative estimate of drug-likeness (QED) is 0.710. The minimum atomic E-state index is 0.108. The fourth-order valence-electron chi connectivity index (χ4n) is 2.05. The summed E-state index contributed by atoms with van der Waals surface area (Å²) < 4.78 is 0.964. The molecule has 2 nitrogen and oxygen atoms in total. The number of benzene rings is 1. The number of carbonyl (C=O) groups excluding carboxylic acids is 1. The van der Waals surface area contributed by atoms with Crippen LogP contribution in [0.15, 0.2) is 18.2 Å². The van der Waals surface area contributed by atoms with Crippen molar-refractivity contribution < 1.29 is 4.79 Å². The fraction of sp³-hybridized carbons (Fsp3) is 0.417. The third-order valence-electron chi connectivity index (χ3n) is 2.97. The first-order valence-electron chi connectivity index (χ1n) is 5.35. The van der Waals surface area contributed by atoms with E-state index >= 15 is 0 Å². The Balaban J connectivity index is 2.29. The van der Waals surface area contributed by atoms with E-state index in [0.717, 1.165) is 28.5 Å². The molecule has 0 bridgehead atoms. The van der Waals surface area contributed by atoms with E-state index in [1.54, 1.807) is 6.07 Å². The van der Waals surface area contributed by atoms with Gasteiger partial charge in [0.05, 0.1) is 5.56 Å². The van der Waals surface area contributed by atoms with Crippen LogP contribution in [0.5, 0.6) is 0 Å². The van der Waals surface area contributed by atoms with Crippen molar-refractivity contribution in [1.29, 1.82) is 0 Å². The van der Waals surface area contributed by atoms with Crippen LogP contribution in [-0.4, -0.2) is 23.4 Å². The summed E-state index contributed by atoms with van der Waals surface area (Å²) in [4.78, 5) is 14.2. The van der Waals surface area contributed by atoms with Gasteiger partial charge in [-0.3, -0.25) is 4.79 Å². The van der Waals surface area contributed by atoms with Crippen molar-refractivity contribution in [3.8, 4) is 0 Å². The molecule has 0 aromatic heterocycles. The third-order valence-corrected chi connectivity index (χ3v) is 4.15. The minimum Gasteiger partial charge on any atom is -0.336 e. The normalized spacial score (nSPS) is 20.2. The molecule has 1 aromatic carbocycles. The van der Waals surface area contributed by atoms with Crippen LogP contribution in [0.4, 0.5) is 0 Å². The molecule has 1 unspecified atom stereocenters. The van der Waals surface area contributed by atoms with Crippen LogP contribution in [0.25, 0.3) is 0 Å². The summed E-state index contributed by atoms with van der Waals surface area (Å²) in [6, 6.07) is 5.81. The highest BCUT2D eigenvalue weighted by atomic mass is 127. The SMILES string of the molecule is CC1CCCN1C(=O)c1cc(Cl)ccc1I. The molecule has 0 aliphatic carbocycles. The van der Waals surface area contributed by atoms with E-state index in [1.165, 1.54) is 0 Å². The first-order valence-corrected chi connectivity index (χ1v) is 6.81. The first kappa shape index (κ1) is 12.2. The van der Waals surface area contributed by atoms with Gasteiger partial charge < -0.3 is 4.90 Å². The fourth-order valence-corrected chi connectivity index (χ4v) is 2.79. The molecule has 1 saturated heterocycles.